The van der Waals surface area contributed by atoms with Crippen LogP contribution in [0.25, 0.3) is 21.9 Å². The second kappa shape index (κ2) is 8.65. The average Bonchev–Trinajstić information content (AvgIpc) is 3.09. The van der Waals surface area contributed by atoms with Crippen molar-refractivity contribution in [3.63, 3.8) is 0 Å². The van der Waals surface area contributed by atoms with Crippen LogP contribution in [0.3, 0.4) is 0 Å². The lowest BCUT2D eigenvalue weighted by molar-refractivity contribution is 0.0615. The molecule has 0 unspecified atom stereocenters. The summed E-state index contributed by atoms with van der Waals surface area (Å²) in [6, 6.07) is 16.8. The van der Waals surface area contributed by atoms with Crippen LogP contribution in [0.1, 0.15) is 30.8 Å². The van der Waals surface area contributed by atoms with E-state index >= 15 is 0 Å². The number of nitrogens with two attached hydrogens (primary N) is 1. The first-order valence-electron chi connectivity index (χ1n) is 10.7. The lowest BCUT2D eigenvalue weighted by atomic mass is 10.0. The Bertz CT molecular complexity index is 1190. The highest BCUT2D eigenvalue weighted by molar-refractivity contribution is 6.06. The third-order valence-corrected chi connectivity index (χ3v) is 5.47. The zero-order chi connectivity index (χ0) is 22.0. The molecule has 4 rings (SSSR count). The molecule has 0 atom stereocenters. The summed E-state index contributed by atoms with van der Waals surface area (Å²) in [5, 5.41) is 11.6. The minimum absolute atomic E-state index is 0.410. The molecule has 0 aliphatic rings. The molecule has 6 heteroatoms. The van der Waals surface area contributed by atoms with Crippen molar-refractivity contribution in [2.75, 3.05) is 19.5 Å². The van der Waals surface area contributed by atoms with Gasteiger partial charge < -0.3 is 20.1 Å². The third kappa shape index (κ3) is 4.70. The molecule has 4 aromatic rings. The minimum Gasteiger partial charge on any atom is -0.389 e. The van der Waals surface area contributed by atoms with Crippen LogP contribution in [-0.2, 0) is 30.5 Å². The number of nitrogen functional groups attached to an aromatic ring is 1. The number of methoxy groups -OCH3 is 1. The molecule has 0 aliphatic heterocycles. The van der Waals surface area contributed by atoms with Gasteiger partial charge in [-0.1, -0.05) is 36.4 Å². The Balaban J connectivity index is 1.83. The number of hydrogen-bond acceptors (Lipinski definition) is 5. The summed E-state index contributed by atoms with van der Waals surface area (Å²) in [6.07, 6.45) is 2.54. The van der Waals surface area contributed by atoms with Crippen LogP contribution in [0, 0.1) is 0 Å². The van der Waals surface area contributed by atoms with Crippen LogP contribution in [-0.4, -0.2) is 39.0 Å². The number of aromatic nitrogens is 3. The Kier molecular flexibility index (Phi) is 5.94. The third-order valence-electron chi connectivity index (χ3n) is 5.47. The summed E-state index contributed by atoms with van der Waals surface area (Å²) < 4.78 is 7.35. The topological polar surface area (TPSA) is 86.2 Å². The molecule has 0 saturated heterocycles. The summed E-state index contributed by atoms with van der Waals surface area (Å²) in [6.45, 7) is 4.56. The number of imidazole rings is 1. The molecule has 0 spiro atoms. The predicted octanol–water partition coefficient (Wildman–Crippen LogP) is 3.91. The number of pyridine rings is 1. The van der Waals surface area contributed by atoms with Crippen molar-refractivity contribution < 1.29 is 9.84 Å². The van der Waals surface area contributed by atoms with E-state index in [2.05, 4.69) is 45.9 Å². The molecule has 0 aliphatic carbocycles. The predicted molar refractivity (Wildman–Crippen MR) is 125 cm³/mol. The summed E-state index contributed by atoms with van der Waals surface area (Å²) in [4.78, 5) is 9.39. The highest BCUT2D eigenvalue weighted by atomic mass is 16.5. The van der Waals surface area contributed by atoms with Crippen molar-refractivity contribution in [3.05, 3.63) is 65.5 Å². The molecule has 2 heterocycles. The standard InChI is InChI=1S/C25H30N4O2/c1-25(2,30)16-29-21(13-14-31-3)28-22-23(29)19-15-18(11-12-20(19)27-24(22)26)10-9-17-7-5-4-6-8-17/h4-8,11-12,15,30H,9-10,13-14,16H2,1-3H3,(H2,26,27). The number of benzene rings is 2. The van der Waals surface area contributed by atoms with Crippen molar-refractivity contribution in [2.24, 2.45) is 0 Å². The van der Waals surface area contributed by atoms with Gasteiger partial charge in [0.1, 0.15) is 11.3 Å². The molecule has 2 aromatic carbocycles. The number of aryl methyl sites for hydroxylation is 2. The van der Waals surface area contributed by atoms with Crippen molar-refractivity contribution in [1.29, 1.82) is 0 Å². The second-order valence-electron chi connectivity index (χ2n) is 8.70. The maximum Gasteiger partial charge on any atom is 0.152 e. The van der Waals surface area contributed by atoms with Gasteiger partial charge in [0.25, 0.3) is 0 Å². The normalized spacial score (nSPS) is 12.1. The van der Waals surface area contributed by atoms with Gasteiger partial charge in [-0.2, -0.15) is 0 Å². The van der Waals surface area contributed by atoms with Crippen molar-refractivity contribution >= 4 is 27.8 Å². The molecule has 0 amide bonds. The Morgan fingerprint density at radius 3 is 2.45 bits per heavy atom. The van der Waals surface area contributed by atoms with E-state index in [1.54, 1.807) is 21.0 Å². The number of fused-ring (bicyclic) bond motifs is 3. The van der Waals surface area contributed by atoms with E-state index < -0.39 is 5.60 Å². The molecule has 0 saturated carbocycles. The van der Waals surface area contributed by atoms with Gasteiger partial charge >= 0.3 is 0 Å². The molecular formula is C25H30N4O2. The monoisotopic (exact) mass is 418 g/mol. The van der Waals surface area contributed by atoms with Gasteiger partial charge in [-0.15, -0.1) is 0 Å². The number of ether oxygens (including phenoxy) is 1. The van der Waals surface area contributed by atoms with Crippen molar-refractivity contribution in [1.82, 2.24) is 14.5 Å². The van der Waals surface area contributed by atoms with Gasteiger partial charge in [0.2, 0.25) is 0 Å². The van der Waals surface area contributed by atoms with E-state index in [0.717, 1.165) is 35.1 Å². The molecule has 0 radical (unpaired) electrons. The summed E-state index contributed by atoms with van der Waals surface area (Å²) in [5.41, 5.74) is 10.4. The molecule has 0 bridgehead atoms. The number of nitrogens with zero attached hydrogens (tertiary/aromatic N) is 3. The van der Waals surface area contributed by atoms with Gasteiger partial charge in [-0.25, -0.2) is 9.97 Å². The number of aliphatic hydroxyl groups is 1. The molecule has 6 nitrogen and oxygen atoms in total. The Hall–Kier alpha value is -2.96. The van der Waals surface area contributed by atoms with Crippen molar-refractivity contribution in [3.8, 4) is 0 Å². The van der Waals surface area contributed by atoms with E-state index in [-0.39, 0.29) is 0 Å². The van der Waals surface area contributed by atoms with Gasteiger partial charge in [0.05, 0.1) is 29.8 Å². The van der Waals surface area contributed by atoms with E-state index in [1.807, 2.05) is 12.1 Å². The first-order valence-corrected chi connectivity index (χ1v) is 10.7. The first-order chi connectivity index (χ1) is 14.9. The van der Waals surface area contributed by atoms with Crippen molar-refractivity contribution in [2.45, 2.75) is 45.3 Å². The molecule has 2 aromatic heterocycles. The fraction of sp³-hybridized carbons (Fsp3) is 0.360. The molecule has 162 valence electrons. The fourth-order valence-corrected chi connectivity index (χ4v) is 4.03. The van der Waals surface area contributed by atoms with Crippen LogP contribution < -0.4 is 5.73 Å². The van der Waals surface area contributed by atoms with Gasteiger partial charge in [-0.3, -0.25) is 0 Å². The SMILES string of the molecule is COCCc1nc2c(N)nc3ccc(CCc4ccccc4)cc3c2n1CC(C)(C)O. The van der Waals surface area contributed by atoms with E-state index in [4.69, 9.17) is 15.5 Å². The molecule has 0 fully saturated rings. The zero-order valence-electron chi connectivity index (χ0n) is 18.4. The van der Waals surface area contributed by atoms with Gasteiger partial charge in [0.15, 0.2) is 5.82 Å². The first kappa shape index (κ1) is 21.3. The molecular weight excluding hydrogens is 388 g/mol. The van der Waals surface area contributed by atoms with Gasteiger partial charge in [-0.05, 0) is 49.9 Å². The second-order valence-corrected chi connectivity index (χ2v) is 8.70. The smallest absolute Gasteiger partial charge is 0.152 e. The maximum atomic E-state index is 10.6. The molecule has 31 heavy (non-hydrogen) atoms. The van der Waals surface area contributed by atoms with Crippen LogP contribution in [0.2, 0.25) is 0 Å². The Morgan fingerprint density at radius 2 is 1.74 bits per heavy atom. The summed E-state index contributed by atoms with van der Waals surface area (Å²) in [7, 11) is 1.67. The summed E-state index contributed by atoms with van der Waals surface area (Å²) >= 11 is 0. The number of anilines is 1. The van der Waals surface area contributed by atoms with Crippen LogP contribution in [0.15, 0.2) is 48.5 Å². The Labute approximate surface area is 182 Å². The number of hydrogen-bond donors (Lipinski definition) is 2. The van der Waals surface area contributed by atoms with E-state index in [1.165, 1.54) is 11.1 Å². The van der Waals surface area contributed by atoms with Gasteiger partial charge in [0, 0.05) is 18.9 Å². The average molecular weight is 419 g/mol. The quantitative estimate of drug-likeness (QED) is 0.453. The highest BCUT2D eigenvalue weighted by Gasteiger charge is 2.22. The zero-order valence-corrected chi connectivity index (χ0v) is 18.4. The fourth-order valence-electron chi connectivity index (χ4n) is 4.03. The van der Waals surface area contributed by atoms with Crippen LogP contribution >= 0.6 is 0 Å². The largest absolute Gasteiger partial charge is 0.389 e. The molecule has 3 N–H and O–H groups in total. The van der Waals surface area contributed by atoms with E-state index in [0.29, 0.717) is 30.9 Å². The number of rotatable bonds is 8. The summed E-state index contributed by atoms with van der Waals surface area (Å²) in [5.74, 6) is 1.25. The highest BCUT2D eigenvalue weighted by Crippen LogP contribution is 2.31. The van der Waals surface area contributed by atoms with Crippen LogP contribution in [0.5, 0.6) is 0 Å². The van der Waals surface area contributed by atoms with E-state index in [9.17, 15) is 5.11 Å². The maximum absolute atomic E-state index is 10.6. The van der Waals surface area contributed by atoms with Crippen LogP contribution in [0.4, 0.5) is 5.82 Å². The lowest BCUT2D eigenvalue weighted by Gasteiger charge is -2.21. The lowest BCUT2D eigenvalue weighted by Crippen LogP contribution is -2.27. The minimum atomic E-state index is -0.898. The Morgan fingerprint density at radius 1 is 1.00 bits per heavy atom.